The molecule has 0 amide bonds. The van der Waals surface area contributed by atoms with Crippen molar-refractivity contribution in [1.29, 1.82) is 0 Å². The van der Waals surface area contributed by atoms with Crippen molar-refractivity contribution >= 4 is 32.7 Å². The van der Waals surface area contributed by atoms with Crippen molar-refractivity contribution in [3.63, 3.8) is 0 Å². The van der Waals surface area contributed by atoms with E-state index < -0.39 is 62.2 Å². The molecule has 0 aliphatic carbocycles. The lowest BCUT2D eigenvalue weighted by molar-refractivity contribution is -0.439. The molecule has 0 fully saturated rings. The van der Waals surface area contributed by atoms with E-state index >= 15 is 0 Å². The van der Waals surface area contributed by atoms with Crippen molar-refractivity contribution in [3.05, 3.63) is 0 Å². The lowest BCUT2D eigenvalue weighted by atomic mass is 9.93. The van der Waals surface area contributed by atoms with Crippen molar-refractivity contribution in [2.45, 2.75) is 52.7 Å². The summed E-state index contributed by atoms with van der Waals surface area (Å²) in [6.07, 6.45) is -9.62. The van der Waals surface area contributed by atoms with Gasteiger partial charge in [-0.1, -0.05) is 6.04 Å². The van der Waals surface area contributed by atoms with Crippen LogP contribution in [0.3, 0.4) is 0 Å². The first-order valence-electron chi connectivity index (χ1n) is 5.91. The second kappa shape index (κ2) is 7.13. The molecule has 0 radical (unpaired) electrons. The van der Waals surface area contributed by atoms with E-state index in [-0.39, 0.29) is 0 Å². The fourth-order valence-corrected chi connectivity index (χ4v) is 3.32. The minimum Gasteiger partial charge on any atom is -0.200 e. The second-order valence-electron chi connectivity index (χ2n) is 4.78. The summed E-state index contributed by atoms with van der Waals surface area (Å²) >= 11 is 10.2. The van der Waals surface area contributed by atoms with Crippen molar-refractivity contribution < 1.29 is 57.1 Å². The van der Waals surface area contributed by atoms with Gasteiger partial charge < -0.3 is 0 Å². The highest BCUT2D eigenvalue weighted by Crippen LogP contribution is 2.60. The number of rotatable bonds is 8. The van der Waals surface area contributed by atoms with Gasteiger partial charge >= 0.3 is 35.8 Å². The van der Waals surface area contributed by atoms with Gasteiger partial charge in [-0.3, -0.25) is 0 Å². The smallest absolute Gasteiger partial charge is 0.200 e. The molecule has 0 nitrogen and oxygen atoms in total. The third-order valence-corrected chi connectivity index (χ3v) is 5.42. The minimum atomic E-state index is -7.86. The van der Waals surface area contributed by atoms with Crippen LogP contribution < -0.4 is 0 Å². The van der Waals surface area contributed by atoms with Crippen molar-refractivity contribution in [3.8, 4) is 0 Å². The van der Waals surface area contributed by atoms with Gasteiger partial charge in [-0.05, 0) is 0 Å². The quantitative estimate of drug-likeness (QED) is 0.256. The molecule has 0 atom stereocenters. The largest absolute Gasteiger partial charge is 0.460 e. The third-order valence-electron chi connectivity index (χ3n) is 2.91. The van der Waals surface area contributed by atoms with E-state index in [1.165, 1.54) is 0 Å². The summed E-state index contributed by atoms with van der Waals surface area (Å²) in [7, 11) is -1.96. The van der Waals surface area contributed by atoms with Gasteiger partial charge in [0.15, 0.2) is 0 Å². The fourth-order valence-electron chi connectivity index (χ4n) is 1.44. The molecule has 0 bridgehead atoms. The van der Waals surface area contributed by atoms with Gasteiger partial charge in [0, 0.05) is 6.42 Å². The standard InChI is InChI=1S/C9H7Cl2F13Si/c10-3(11)25-2-1-4(12,13)5(14,15)6(16,17)7(18,19)8(20,21)9(22,23)24/h3H,1-2,25H2. The summed E-state index contributed by atoms with van der Waals surface area (Å²) in [5.41, 5.74) is 0. The highest BCUT2D eigenvalue weighted by molar-refractivity contribution is 6.68. The normalized spacial score (nSPS) is 16.3. The molecule has 152 valence electrons. The van der Waals surface area contributed by atoms with Crippen LogP contribution in [0.5, 0.6) is 0 Å². The van der Waals surface area contributed by atoms with Gasteiger partial charge in [0.1, 0.15) is 0 Å². The Bertz CT molecular complexity index is 459. The molecule has 25 heavy (non-hydrogen) atoms. The predicted molar refractivity (Wildman–Crippen MR) is 64.3 cm³/mol. The summed E-state index contributed by atoms with van der Waals surface area (Å²) in [5, 5.41) is 0. The summed E-state index contributed by atoms with van der Waals surface area (Å²) in [6, 6.07) is -1.00. The van der Waals surface area contributed by atoms with E-state index in [1.54, 1.807) is 0 Å². The maximum absolute atomic E-state index is 13.2. The maximum Gasteiger partial charge on any atom is 0.460 e. The first kappa shape index (κ1) is 24.9. The molecule has 16 heteroatoms. The van der Waals surface area contributed by atoms with Gasteiger partial charge in [-0.2, -0.15) is 57.1 Å². The molecule has 0 N–H and O–H groups in total. The van der Waals surface area contributed by atoms with Gasteiger partial charge in [0.25, 0.3) is 0 Å². The zero-order valence-electron chi connectivity index (χ0n) is 11.4. The molecule has 0 heterocycles. The number of hydrogen-bond acceptors (Lipinski definition) is 0. The van der Waals surface area contributed by atoms with Gasteiger partial charge in [0.2, 0.25) is 0 Å². The first-order valence-corrected chi connectivity index (χ1v) is 8.59. The second-order valence-corrected chi connectivity index (χ2v) is 9.20. The Morgan fingerprint density at radius 2 is 0.960 bits per heavy atom. The van der Waals surface area contributed by atoms with Crippen LogP contribution in [0.4, 0.5) is 57.1 Å². The van der Waals surface area contributed by atoms with Crippen molar-refractivity contribution in [1.82, 2.24) is 0 Å². The lowest BCUT2D eigenvalue weighted by Crippen LogP contribution is -2.70. The highest BCUT2D eigenvalue weighted by Gasteiger charge is 2.90. The third kappa shape index (κ3) is 4.25. The van der Waals surface area contributed by atoms with E-state index in [0.717, 1.165) is 0 Å². The maximum atomic E-state index is 13.2. The molecule has 0 unspecified atom stereocenters. The Morgan fingerprint density at radius 3 is 1.28 bits per heavy atom. The first-order chi connectivity index (χ1) is 10.7. The van der Waals surface area contributed by atoms with Gasteiger partial charge in [-0.25, -0.2) is 0 Å². The zero-order chi connectivity index (χ0) is 20.7. The Labute approximate surface area is 143 Å². The van der Waals surface area contributed by atoms with Gasteiger partial charge in [-0.15, -0.1) is 23.2 Å². The average molecular weight is 461 g/mol. The summed E-state index contributed by atoms with van der Waals surface area (Å²) < 4.78 is 164. The molecular formula is C9H7Cl2F13Si. The van der Waals surface area contributed by atoms with E-state index in [9.17, 15) is 57.1 Å². The molecule has 0 rings (SSSR count). The lowest BCUT2D eigenvalue weighted by Gasteiger charge is -2.39. The van der Waals surface area contributed by atoms with Crippen LogP contribution in [0.25, 0.3) is 0 Å². The summed E-state index contributed by atoms with van der Waals surface area (Å²) in [6.45, 7) is 0. The van der Waals surface area contributed by atoms with E-state index in [2.05, 4.69) is 0 Å². The summed E-state index contributed by atoms with van der Waals surface area (Å²) in [4.78, 5) is 0. The molecule has 0 saturated carbocycles. The Hall–Kier alpha value is -0.113. The van der Waals surface area contributed by atoms with Crippen LogP contribution in [0.2, 0.25) is 6.04 Å². The molecule has 0 spiro atoms. The number of alkyl halides is 15. The van der Waals surface area contributed by atoms with E-state index in [0.29, 0.717) is 0 Å². The van der Waals surface area contributed by atoms with Crippen LogP contribution in [0.1, 0.15) is 6.42 Å². The molecular weight excluding hydrogens is 454 g/mol. The monoisotopic (exact) mass is 460 g/mol. The van der Waals surface area contributed by atoms with Crippen LogP contribution >= 0.6 is 23.2 Å². The van der Waals surface area contributed by atoms with Crippen LogP contribution in [-0.2, 0) is 0 Å². The van der Waals surface area contributed by atoms with E-state index in [1.807, 2.05) is 0 Å². The fraction of sp³-hybridized carbons (Fsp3) is 1.00. The van der Waals surface area contributed by atoms with Crippen molar-refractivity contribution in [2.24, 2.45) is 0 Å². The predicted octanol–water partition coefficient (Wildman–Crippen LogP) is 5.46. The molecule has 0 aliphatic heterocycles. The van der Waals surface area contributed by atoms with E-state index in [4.69, 9.17) is 23.2 Å². The highest BCUT2D eigenvalue weighted by atomic mass is 35.5. The molecule has 0 aromatic heterocycles. The number of hydrogen-bond donors (Lipinski definition) is 0. The van der Waals surface area contributed by atoms with Crippen LogP contribution in [0, 0.1) is 0 Å². The van der Waals surface area contributed by atoms with Crippen LogP contribution in [-0.4, -0.2) is 49.8 Å². The summed E-state index contributed by atoms with van der Waals surface area (Å²) in [5.74, 6) is -36.5. The Morgan fingerprint density at radius 1 is 0.600 bits per heavy atom. The molecule has 0 saturated heterocycles. The zero-order valence-corrected chi connectivity index (χ0v) is 14.3. The average Bonchev–Trinajstić information content (AvgIpc) is 2.35. The van der Waals surface area contributed by atoms with Crippen LogP contribution in [0.15, 0.2) is 0 Å². The number of halogens is 15. The minimum absolute atomic E-state index is 1.00. The SMILES string of the molecule is FC(F)(F)C(F)(F)C(F)(F)C(F)(F)C(F)(F)C(F)(F)CC[SiH2]C(Cl)Cl. The molecule has 0 aliphatic rings. The Balaban J connectivity index is 5.86. The molecule has 0 aromatic rings. The van der Waals surface area contributed by atoms with Gasteiger partial charge in [0.05, 0.1) is 14.0 Å². The van der Waals surface area contributed by atoms with Crippen molar-refractivity contribution in [2.75, 3.05) is 0 Å². The Kier molecular flexibility index (Phi) is 7.10. The molecule has 0 aromatic carbocycles. The topological polar surface area (TPSA) is 0 Å².